The Morgan fingerprint density at radius 2 is 2.00 bits per heavy atom. The van der Waals surface area contributed by atoms with Gasteiger partial charge in [0.25, 0.3) is 0 Å². The van der Waals surface area contributed by atoms with Crippen molar-refractivity contribution in [1.82, 2.24) is 0 Å². The topological polar surface area (TPSA) is 35.5 Å². The molecule has 0 saturated heterocycles. The molecule has 0 aromatic carbocycles. The highest BCUT2D eigenvalue weighted by Crippen LogP contribution is 1.97. The highest BCUT2D eigenvalue weighted by Gasteiger charge is 2.12. The Kier molecular flexibility index (Phi) is 5.42. The molecule has 82 valence electrons. The maximum atomic E-state index is 10.9. The molecule has 0 aliphatic rings. The van der Waals surface area contributed by atoms with Crippen molar-refractivity contribution in [3.63, 3.8) is 0 Å². The minimum Gasteiger partial charge on any atom is -0.327 e. The molecule has 4 heteroatoms. The van der Waals surface area contributed by atoms with E-state index >= 15 is 0 Å². The lowest BCUT2D eigenvalue weighted by molar-refractivity contribution is -0.889. The van der Waals surface area contributed by atoms with Gasteiger partial charge in [0.15, 0.2) is 0 Å². The highest BCUT2D eigenvalue weighted by molar-refractivity contribution is 5.86. The van der Waals surface area contributed by atoms with E-state index in [0.717, 1.165) is 17.6 Å². The number of hydrogen-bond acceptors (Lipinski definition) is 3. The predicted octanol–water partition coefficient (Wildman–Crippen LogP) is 1.13. The first-order valence-electron chi connectivity index (χ1n) is 4.70. The Bertz CT molecular complexity index is 211. The van der Waals surface area contributed by atoms with Crippen molar-refractivity contribution < 1.29 is 19.1 Å². The predicted molar refractivity (Wildman–Crippen MR) is 54.4 cm³/mol. The van der Waals surface area contributed by atoms with Gasteiger partial charge in [-0.05, 0) is 13.8 Å². The van der Waals surface area contributed by atoms with Crippen LogP contribution < -0.4 is 0 Å². The first-order chi connectivity index (χ1) is 6.39. The second-order valence-corrected chi connectivity index (χ2v) is 3.95. The van der Waals surface area contributed by atoms with E-state index < -0.39 is 5.97 Å². The van der Waals surface area contributed by atoms with Crippen LogP contribution in [0.5, 0.6) is 0 Å². The SMILES string of the molecule is C=C(C)C(=O)OOCC[N+](C)(C)CC. The van der Waals surface area contributed by atoms with Crippen molar-refractivity contribution in [2.75, 3.05) is 33.8 Å². The minimum absolute atomic E-state index is 0.342. The van der Waals surface area contributed by atoms with Gasteiger partial charge in [-0.15, -0.1) is 0 Å². The summed E-state index contributed by atoms with van der Waals surface area (Å²) in [6.07, 6.45) is 0. The molecule has 0 spiro atoms. The average Bonchev–Trinajstić information content (AvgIpc) is 2.12. The maximum Gasteiger partial charge on any atom is 0.368 e. The Labute approximate surface area is 85.6 Å². The van der Waals surface area contributed by atoms with Crippen LogP contribution in [0.4, 0.5) is 0 Å². The summed E-state index contributed by atoms with van der Waals surface area (Å²) in [5.41, 5.74) is 0.342. The number of rotatable bonds is 6. The van der Waals surface area contributed by atoms with E-state index in [1.54, 1.807) is 6.92 Å². The zero-order chi connectivity index (χ0) is 11.2. The molecule has 0 atom stereocenters. The lowest BCUT2D eigenvalue weighted by Crippen LogP contribution is -2.42. The summed E-state index contributed by atoms with van der Waals surface area (Å²) in [6.45, 7) is 9.34. The number of hydrogen-bond donors (Lipinski definition) is 0. The molecule has 0 bridgehead atoms. The molecule has 0 N–H and O–H groups in total. The molecule has 0 amide bonds. The lowest BCUT2D eigenvalue weighted by Gasteiger charge is -2.27. The smallest absolute Gasteiger partial charge is 0.327 e. The van der Waals surface area contributed by atoms with E-state index in [4.69, 9.17) is 4.89 Å². The number of quaternary nitrogens is 1. The van der Waals surface area contributed by atoms with Crippen LogP contribution in [0.2, 0.25) is 0 Å². The molecular weight excluding hydrogens is 182 g/mol. The van der Waals surface area contributed by atoms with Gasteiger partial charge in [0, 0.05) is 5.57 Å². The van der Waals surface area contributed by atoms with Gasteiger partial charge in [-0.2, -0.15) is 4.89 Å². The third-order valence-corrected chi connectivity index (χ3v) is 2.12. The standard InChI is InChI=1S/C10H20NO3/c1-6-11(4,5)7-8-13-14-10(12)9(2)3/h2,6-8H2,1,3-5H3/q+1. The second kappa shape index (κ2) is 5.78. The van der Waals surface area contributed by atoms with Gasteiger partial charge >= 0.3 is 5.97 Å². The first kappa shape index (κ1) is 13.1. The first-order valence-corrected chi connectivity index (χ1v) is 4.70. The highest BCUT2D eigenvalue weighted by atomic mass is 17.2. The van der Waals surface area contributed by atoms with Crippen LogP contribution in [0.15, 0.2) is 12.2 Å². The average molecular weight is 202 g/mol. The molecule has 14 heavy (non-hydrogen) atoms. The molecule has 0 radical (unpaired) electrons. The lowest BCUT2D eigenvalue weighted by atomic mass is 10.4. The fourth-order valence-electron chi connectivity index (χ4n) is 0.609. The molecule has 4 nitrogen and oxygen atoms in total. The molecule has 0 aliphatic carbocycles. The normalized spacial score (nSPS) is 11.1. The van der Waals surface area contributed by atoms with Gasteiger partial charge in [-0.3, -0.25) is 4.89 Å². The molecule has 0 fully saturated rings. The molecule has 0 aromatic rings. The van der Waals surface area contributed by atoms with Crippen molar-refractivity contribution >= 4 is 5.97 Å². The summed E-state index contributed by atoms with van der Waals surface area (Å²) in [6, 6.07) is 0. The van der Waals surface area contributed by atoms with E-state index in [1.807, 2.05) is 0 Å². The fourth-order valence-corrected chi connectivity index (χ4v) is 0.609. The van der Waals surface area contributed by atoms with Gasteiger partial charge in [-0.1, -0.05) is 6.58 Å². The van der Waals surface area contributed by atoms with Crippen molar-refractivity contribution in [2.45, 2.75) is 13.8 Å². The molecule has 0 aliphatic heterocycles. The van der Waals surface area contributed by atoms with E-state index in [9.17, 15) is 4.79 Å². The summed E-state index contributed by atoms with van der Waals surface area (Å²) < 4.78 is 0.838. The fraction of sp³-hybridized carbons (Fsp3) is 0.700. The number of likely N-dealkylation sites (N-methyl/N-ethyl adjacent to an activating group) is 1. The van der Waals surface area contributed by atoms with Crippen molar-refractivity contribution in [2.24, 2.45) is 0 Å². The Hall–Kier alpha value is -0.870. The van der Waals surface area contributed by atoms with E-state index in [0.29, 0.717) is 12.2 Å². The van der Waals surface area contributed by atoms with Crippen LogP contribution in [-0.2, 0) is 14.6 Å². The van der Waals surface area contributed by atoms with Gasteiger partial charge in [0.2, 0.25) is 0 Å². The van der Waals surface area contributed by atoms with Crippen LogP contribution >= 0.6 is 0 Å². The third kappa shape index (κ3) is 5.72. The Morgan fingerprint density at radius 1 is 1.43 bits per heavy atom. The van der Waals surface area contributed by atoms with Gasteiger partial charge in [0.1, 0.15) is 13.2 Å². The van der Waals surface area contributed by atoms with Crippen LogP contribution in [0, 0.1) is 0 Å². The molecular formula is C10H20NO3+. The number of nitrogens with zero attached hydrogens (tertiary/aromatic N) is 1. The number of carbonyl (C=O) groups is 1. The maximum absolute atomic E-state index is 10.9. The van der Waals surface area contributed by atoms with Gasteiger partial charge < -0.3 is 4.48 Å². The van der Waals surface area contributed by atoms with Crippen LogP contribution in [-0.4, -0.2) is 44.2 Å². The quantitative estimate of drug-likeness (QED) is 0.213. The van der Waals surface area contributed by atoms with Crippen molar-refractivity contribution in [1.29, 1.82) is 0 Å². The van der Waals surface area contributed by atoms with Crippen LogP contribution in [0.25, 0.3) is 0 Å². The summed E-state index contributed by atoms with van der Waals surface area (Å²) in [4.78, 5) is 20.1. The second-order valence-electron chi connectivity index (χ2n) is 3.95. The molecule has 0 aromatic heterocycles. The molecule has 0 heterocycles. The summed E-state index contributed by atoms with van der Waals surface area (Å²) >= 11 is 0. The van der Waals surface area contributed by atoms with Gasteiger partial charge in [-0.25, -0.2) is 4.79 Å². The van der Waals surface area contributed by atoms with Gasteiger partial charge in [0.05, 0.1) is 20.6 Å². The largest absolute Gasteiger partial charge is 0.368 e. The monoisotopic (exact) mass is 202 g/mol. The zero-order valence-electron chi connectivity index (χ0n) is 9.50. The molecule has 0 unspecified atom stereocenters. The summed E-state index contributed by atoms with van der Waals surface area (Å²) in [5, 5.41) is 0. The van der Waals surface area contributed by atoms with Crippen molar-refractivity contribution in [3.05, 3.63) is 12.2 Å². The Morgan fingerprint density at radius 3 is 2.43 bits per heavy atom. The third-order valence-electron chi connectivity index (χ3n) is 2.12. The summed E-state index contributed by atoms with van der Waals surface area (Å²) in [7, 11) is 4.17. The van der Waals surface area contributed by atoms with E-state index in [1.165, 1.54) is 0 Å². The molecule has 0 rings (SSSR count). The van der Waals surface area contributed by atoms with E-state index in [-0.39, 0.29) is 0 Å². The van der Waals surface area contributed by atoms with E-state index in [2.05, 4.69) is 32.5 Å². The molecule has 0 saturated carbocycles. The number of carbonyl (C=O) groups excluding carboxylic acids is 1. The summed E-state index contributed by atoms with van der Waals surface area (Å²) in [5.74, 6) is -0.508. The zero-order valence-corrected chi connectivity index (χ0v) is 9.50. The van der Waals surface area contributed by atoms with Crippen LogP contribution in [0.1, 0.15) is 13.8 Å². The van der Waals surface area contributed by atoms with Crippen molar-refractivity contribution in [3.8, 4) is 0 Å². The minimum atomic E-state index is -0.508. The Balaban J connectivity index is 3.57. The van der Waals surface area contributed by atoms with Crippen LogP contribution in [0.3, 0.4) is 0 Å².